The van der Waals surface area contributed by atoms with Crippen molar-refractivity contribution in [3.63, 3.8) is 0 Å². The molecule has 4 rings (SSSR count). The zero-order chi connectivity index (χ0) is 20.2. The van der Waals surface area contributed by atoms with Gasteiger partial charge in [0.1, 0.15) is 0 Å². The second-order valence-corrected chi connectivity index (χ2v) is 7.01. The Morgan fingerprint density at radius 3 is 2.76 bits per heavy atom. The van der Waals surface area contributed by atoms with Crippen LogP contribution < -0.4 is 9.47 Å². The van der Waals surface area contributed by atoms with Crippen molar-refractivity contribution >= 4 is 0 Å². The van der Waals surface area contributed by atoms with Gasteiger partial charge in [-0.3, -0.25) is 4.68 Å². The van der Waals surface area contributed by atoms with Crippen molar-refractivity contribution in [3.8, 4) is 28.8 Å². The highest BCUT2D eigenvalue weighted by Gasteiger charge is 2.23. The Kier molecular flexibility index (Phi) is 5.43. The number of hydrogen-bond acceptors (Lipinski definition) is 4. The lowest BCUT2D eigenvalue weighted by atomic mass is 10.1. The summed E-state index contributed by atoms with van der Waals surface area (Å²) in [4.78, 5) is 0. The highest BCUT2D eigenvalue weighted by molar-refractivity contribution is 5.60. The van der Waals surface area contributed by atoms with Crippen molar-refractivity contribution < 1.29 is 18.3 Å². The summed E-state index contributed by atoms with van der Waals surface area (Å²) in [5.74, 6) is 0.860. The standard InChI is InChI=1S/C22H19F2N3O2/c23-22(24)29-20-7-6-17(11-21(20)28-14-15-4-5-15)13-27-9-8-19(26-27)18-3-1-2-16(10-18)12-25/h1-3,6-11,15,22H,4-5,13-14H2. The quantitative estimate of drug-likeness (QED) is 0.547. The summed E-state index contributed by atoms with van der Waals surface area (Å²) >= 11 is 0. The molecule has 0 radical (unpaired) electrons. The molecule has 1 fully saturated rings. The molecule has 7 heteroatoms. The van der Waals surface area contributed by atoms with Crippen LogP contribution in [0.1, 0.15) is 24.0 Å². The third-order valence-electron chi connectivity index (χ3n) is 4.67. The first-order valence-corrected chi connectivity index (χ1v) is 9.35. The van der Waals surface area contributed by atoms with Crippen LogP contribution in [0.3, 0.4) is 0 Å². The highest BCUT2D eigenvalue weighted by Crippen LogP contribution is 2.34. The number of ether oxygens (including phenoxy) is 2. The lowest BCUT2D eigenvalue weighted by molar-refractivity contribution is -0.0515. The molecule has 0 atom stereocenters. The fraction of sp³-hybridized carbons (Fsp3) is 0.273. The molecule has 1 aliphatic rings. The van der Waals surface area contributed by atoms with Crippen molar-refractivity contribution in [2.45, 2.75) is 26.0 Å². The number of nitriles is 1. The smallest absolute Gasteiger partial charge is 0.387 e. The highest BCUT2D eigenvalue weighted by atomic mass is 19.3. The predicted octanol–water partition coefficient (Wildman–Crippen LogP) is 4.86. The van der Waals surface area contributed by atoms with E-state index in [-0.39, 0.29) is 5.75 Å². The third kappa shape index (κ3) is 4.91. The first kappa shape index (κ1) is 18.9. The molecule has 0 bridgehead atoms. The summed E-state index contributed by atoms with van der Waals surface area (Å²) in [6.07, 6.45) is 4.05. The van der Waals surface area contributed by atoms with Crippen molar-refractivity contribution in [2.75, 3.05) is 6.61 Å². The Bertz CT molecular complexity index is 1040. The van der Waals surface area contributed by atoms with Crippen LogP contribution in [0.4, 0.5) is 8.78 Å². The molecular formula is C22H19F2N3O2. The van der Waals surface area contributed by atoms with Gasteiger partial charge in [-0.15, -0.1) is 0 Å². The first-order chi connectivity index (χ1) is 14.1. The minimum atomic E-state index is -2.90. The van der Waals surface area contributed by atoms with E-state index in [2.05, 4.69) is 15.9 Å². The summed E-state index contributed by atoms with van der Waals surface area (Å²) < 4.78 is 37.4. The van der Waals surface area contributed by atoms with Gasteiger partial charge in [-0.1, -0.05) is 18.2 Å². The molecule has 0 unspecified atom stereocenters. The number of benzene rings is 2. The number of nitrogens with zero attached hydrogens (tertiary/aromatic N) is 3. The van der Waals surface area contributed by atoms with Crippen LogP contribution in [0.15, 0.2) is 54.7 Å². The molecule has 3 aromatic rings. The molecule has 0 spiro atoms. The number of aromatic nitrogens is 2. The zero-order valence-corrected chi connectivity index (χ0v) is 15.6. The van der Waals surface area contributed by atoms with Crippen molar-refractivity contribution in [1.82, 2.24) is 9.78 Å². The molecule has 1 saturated carbocycles. The van der Waals surface area contributed by atoms with Gasteiger partial charge in [0.2, 0.25) is 0 Å². The van der Waals surface area contributed by atoms with Crippen LogP contribution in [-0.4, -0.2) is 23.0 Å². The molecule has 0 aliphatic heterocycles. The van der Waals surface area contributed by atoms with Crippen LogP contribution in [0, 0.1) is 17.2 Å². The molecule has 1 aliphatic carbocycles. The molecule has 1 heterocycles. The Morgan fingerprint density at radius 1 is 1.14 bits per heavy atom. The maximum atomic E-state index is 12.7. The monoisotopic (exact) mass is 395 g/mol. The molecule has 0 saturated heterocycles. The Hall–Kier alpha value is -3.40. The molecule has 1 aromatic heterocycles. The van der Waals surface area contributed by atoms with Gasteiger partial charge in [0, 0.05) is 11.8 Å². The first-order valence-electron chi connectivity index (χ1n) is 9.35. The fourth-order valence-corrected chi connectivity index (χ4v) is 2.99. The van der Waals surface area contributed by atoms with E-state index in [4.69, 9.17) is 10.00 Å². The molecule has 0 amide bonds. The number of alkyl halides is 2. The number of hydrogen-bond donors (Lipinski definition) is 0. The van der Waals surface area contributed by atoms with Gasteiger partial charge in [0.05, 0.1) is 30.5 Å². The van der Waals surface area contributed by atoms with Gasteiger partial charge < -0.3 is 9.47 Å². The lowest BCUT2D eigenvalue weighted by Crippen LogP contribution is -2.07. The average molecular weight is 395 g/mol. The fourth-order valence-electron chi connectivity index (χ4n) is 2.99. The normalized spacial score (nSPS) is 13.3. The molecular weight excluding hydrogens is 376 g/mol. The van der Waals surface area contributed by atoms with Crippen LogP contribution in [0.25, 0.3) is 11.3 Å². The van der Waals surface area contributed by atoms with Crippen LogP contribution in [0.5, 0.6) is 11.5 Å². The predicted molar refractivity (Wildman–Crippen MR) is 103 cm³/mol. The SMILES string of the molecule is N#Cc1cccc(-c2ccn(Cc3ccc(OC(F)F)c(OCC4CC4)c3)n2)c1. The van der Waals surface area contributed by atoms with Gasteiger partial charge in [-0.25, -0.2) is 0 Å². The van der Waals surface area contributed by atoms with E-state index in [1.165, 1.54) is 6.07 Å². The van der Waals surface area contributed by atoms with Gasteiger partial charge in [-0.05, 0) is 54.7 Å². The number of rotatable bonds is 8. The van der Waals surface area contributed by atoms with E-state index < -0.39 is 6.61 Å². The Labute approximate surface area is 167 Å². The minimum Gasteiger partial charge on any atom is -0.489 e. The Balaban J connectivity index is 1.52. The second kappa shape index (κ2) is 8.31. The number of halogens is 2. The lowest BCUT2D eigenvalue weighted by Gasteiger charge is -2.13. The third-order valence-corrected chi connectivity index (χ3v) is 4.67. The molecule has 0 N–H and O–H groups in total. The topological polar surface area (TPSA) is 60.1 Å². The summed E-state index contributed by atoms with van der Waals surface area (Å²) in [5.41, 5.74) is 3.05. The van der Waals surface area contributed by atoms with E-state index in [0.717, 1.165) is 29.7 Å². The zero-order valence-electron chi connectivity index (χ0n) is 15.6. The second-order valence-electron chi connectivity index (χ2n) is 7.01. The molecule has 29 heavy (non-hydrogen) atoms. The molecule has 2 aromatic carbocycles. The summed E-state index contributed by atoms with van der Waals surface area (Å²) in [6.45, 7) is -1.95. The van der Waals surface area contributed by atoms with Gasteiger partial charge in [-0.2, -0.15) is 19.1 Å². The van der Waals surface area contributed by atoms with E-state index in [1.807, 2.05) is 24.4 Å². The van der Waals surface area contributed by atoms with Crippen LogP contribution in [0.2, 0.25) is 0 Å². The van der Waals surface area contributed by atoms with Crippen molar-refractivity contribution in [1.29, 1.82) is 5.26 Å². The average Bonchev–Trinajstić information content (AvgIpc) is 3.44. The van der Waals surface area contributed by atoms with Crippen LogP contribution in [-0.2, 0) is 6.54 Å². The maximum Gasteiger partial charge on any atom is 0.387 e. The van der Waals surface area contributed by atoms with E-state index in [9.17, 15) is 8.78 Å². The Morgan fingerprint density at radius 2 is 2.00 bits per heavy atom. The van der Waals surface area contributed by atoms with Gasteiger partial charge >= 0.3 is 6.61 Å². The van der Waals surface area contributed by atoms with Gasteiger partial charge in [0.15, 0.2) is 11.5 Å². The summed E-state index contributed by atoms with van der Waals surface area (Å²) in [7, 11) is 0. The largest absolute Gasteiger partial charge is 0.489 e. The van der Waals surface area contributed by atoms with E-state index in [1.54, 1.807) is 28.9 Å². The van der Waals surface area contributed by atoms with Gasteiger partial charge in [0.25, 0.3) is 0 Å². The summed E-state index contributed by atoms with van der Waals surface area (Å²) in [6, 6.07) is 16.2. The minimum absolute atomic E-state index is 0.0406. The van der Waals surface area contributed by atoms with Crippen LogP contribution >= 0.6 is 0 Å². The van der Waals surface area contributed by atoms with E-state index >= 15 is 0 Å². The van der Waals surface area contributed by atoms with E-state index in [0.29, 0.717) is 30.4 Å². The van der Waals surface area contributed by atoms with Crippen molar-refractivity contribution in [3.05, 3.63) is 65.9 Å². The molecule has 148 valence electrons. The molecule has 5 nitrogen and oxygen atoms in total. The maximum absolute atomic E-state index is 12.7. The summed E-state index contributed by atoms with van der Waals surface area (Å²) in [5, 5.41) is 13.6. The van der Waals surface area contributed by atoms with Crippen molar-refractivity contribution in [2.24, 2.45) is 5.92 Å².